The van der Waals surface area contributed by atoms with Crippen LogP contribution in [-0.4, -0.2) is 50.9 Å². The van der Waals surface area contributed by atoms with Crippen molar-refractivity contribution in [2.75, 3.05) is 0 Å². The van der Waals surface area contributed by atoms with Crippen LogP contribution in [0, 0.1) is 0 Å². The summed E-state index contributed by atoms with van der Waals surface area (Å²) in [5.41, 5.74) is -5.01. The van der Waals surface area contributed by atoms with Crippen molar-refractivity contribution in [3.05, 3.63) is 0 Å². The number of hydrogen-bond donors (Lipinski definition) is 3. The van der Waals surface area contributed by atoms with Gasteiger partial charge in [0.25, 0.3) is 0 Å². The van der Waals surface area contributed by atoms with E-state index in [0.717, 1.165) is 0 Å². The number of aliphatic carboxylic acids is 3. The molecule has 0 aromatic carbocycles. The molecule has 11 heteroatoms. The molecule has 98 valence electrons. The van der Waals surface area contributed by atoms with Crippen LogP contribution in [-0.2, 0) is 19.3 Å². The van der Waals surface area contributed by atoms with Crippen LogP contribution in [0.1, 0.15) is 0 Å². The largest absolute Gasteiger partial charge is 0.479 e. The van der Waals surface area contributed by atoms with Gasteiger partial charge in [-0.15, -0.1) is 0 Å². The molecule has 17 heavy (non-hydrogen) atoms. The number of carboxylic acids is 3. The minimum absolute atomic E-state index is 2.16. The van der Waals surface area contributed by atoms with Crippen LogP contribution in [0.15, 0.2) is 0 Å². The highest BCUT2D eigenvalue weighted by Crippen LogP contribution is 2.38. The molecule has 0 fully saturated rings. The maximum absolute atomic E-state index is 12.9. The molecule has 0 aromatic rings. The standard InChI is InChI=1S/C6H4F4O7/c7-1(2(11)12)5(17-10,3(13)14)6(8,9)4(15)16/h1H,(H,11,12)(H,13,14)(H,15,16). The number of halogens is 4. The Kier molecular flexibility index (Phi) is 4.02. The van der Waals surface area contributed by atoms with E-state index in [9.17, 15) is 32.1 Å². The molecule has 0 aromatic heterocycles. The zero-order chi connectivity index (χ0) is 14.0. The van der Waals surface area contributed by atoms with E-state index in [1.165, 1.54) is 0 Å². The van der Waals surface area contributed by atoms with E-state index in [4.69, 9.17) is 15.3 Å². The van der Waals surface area contributed by atoms with Crippen molar-refractivity contribution < 1.29 is 52.3 Å². The number of rotatable bonds is 6. The lowest BCUT2D eigenvalue weighted by molar-refractivity contribution is -0.316. The lowest BCUT2D eigenvalue weighted by Crippen LogP contribution is -2.66. The summed E-state index contributed by atoms with van der Waals surface area (Å²) >= 11 is 0. The van der Waals surface area contributed by atoms with Gasteiger partial charge in [0, 0.05) is 0 Å². The van der Waals surface area contributed by atoms with Crippen LogP contribution < -0.4 is 0 Å². The fourth-order valence-corrected chi connectivity index (χ4v) is 0.855. The molecule has 0 radical (unpaired) electrons. The van der Waals surface area contributed by atoms with Crippen molar-refractivity contribution in [1.29, 1.82) is 0 Å². The summed E-state index contributed by atoms with van der Waals surface area (Å²) in [7, 11) is 0. The number of alkyl halides is 3. The summed E-state index contributed by atoms with van der Waals surface area (Å²) in [4.78, 5) is 32.6. The summed E-state index contributed by atoms with van der Waals surface area (Å²) in [5, 5.41) is 24.2. The Labute approximate surface area is 89.1 Å². The highest BCUT2D eigenvalue weighted by atomic mass is 19.3. The van der Waals surface area contributed by atoms with Gasteiger partial charge in [-0.2, -0.15) is 13.7 Å². The zero-order valence-electron chi connectivity index (χ0n) is 7.56. The average molecular weight is 264 g/mol. The molecule has 0 amide bonds. The van der Waals surface area contributed by atoms with Crippen LogP contribution in [0.5, 0.6) is 0 Å². The first-order valence-electron chi connectivity index (χ1n) is 3.57. The first-order valence-corrected chi connectivity index (χ1v) is 3.57. The van der Waals surface area contributed by atoms with Crippen molar-refractivity contribution >= 4 is 17.9 Å². The van der Waals surface area contributed by atoms with Crippen LogP contribution >= 0.6 is 0 Å². The molecule has 2 unspecified atom stereocenters. The fraction of sp³-hybridized carbons (Fsp3) is 0.500. The monoisotopic (exact) mass is 264 g/mol. The minimum atomic E-state index is -5.65. The molecule has 0 aliphatic rings. The lowest BCUT2D eigenvalue weighted by atomic mass is 9.90. The first kappa shape index (κ1) is 15.1. The van der Waals surface area contributed by atoms with Crippen LogP contribution in [0.2, 0.25) is 0 Å². The molecule has 3 N–H and O–H groups in total. The van der Waals surface area contributed by atoms with E-state index in [1.807, 2.05) is 0 Å². The Morgan fingerprint density at radius 1 is 1.06 bits per heavy atom. The molecule has 7 nitrogen and oxygen atoms in total. The van der Waals surface area contributed by atoms with Crippen molar-refractivity contribution in [2.24, 2.45) is 0 Å². The van der Waals surface area contributed by atoms with E-state index in [-0.39, 0.29) is 0 Å². The fourth-order valence-electron chi connectivity index (χ4n) is 0.855. The summed E-state index contributed by atoms with van der Waals surface area (Å²) in [6.07, 6.45) is -4.14. The molecular weight excluding hydrogens is 260 g/mol. The molecule has 0 saturated carbocycles. The first-order chi connectivity index (χ1) is 7.55. The number of carboxylic acid groups (broad SMARTS) is 3. The highest BCUT2D eigenvalue weighted by Gasteiger charge is 2.74. The summed E-state index contributed by atoms with van der Waals surface area (Å²) in [5.74, 6) is -14.9. The van der Waals surface area contributed by atoms with Gasteiger partial charge in [-0.1, -0.05) is 0 Å². The van der Waals surface area contributed by atoms with Crippen LogP contribution in [0.4, 0.5) is 17.7 Å². The van der Waals surface area contributed by atoms with Gasteiger partial charge in [0.1, 0.15) is 0 Å². The second kappa shape index (κ2) is 4.53. The maximum atomic E-state index is 12.9. The van der Waals surface area contributed by atoms with E-state index in [2.05, 4.69) is 4.94 Å². The molecule has 0 rings (SSSR count). The van der Waals surface area contributed by atoms with E-state index < -0.39 is 35.6 Å². The third-order valence-corrected chi connectivity index (χ3v) is 1.75. The predicted molar refractivity (Wildman–Crippen MR) is 37.7 cm³/mol. The quantitative estimate of drug-likeness (QED) is 0.570. The number of hydrogen-bond acceptors (Lipinski definition) is 4. The van der Waals surface area contributed by atoms with Gasteiger partial charge in [0.2, 0.25) is 6.17 Å². The Morgan fingerprint density at radius 3 is 1.65 bits per heavy atom. The van der Waals surface area contributed by atoms with Crippen molar-refractivity contribution in [3.8, 4) is 0 Å². The molecule has 0 saturated heterocycles. The van der Waals surface area contributed by atoms with E-state index >= 15 is 0 Å². The molecule has 2 atom stereocenters. The van der Waals surface area contributed by atoms with Crippen LogP contribution in [0.25, 0.3) is 0 Å². The van der Waals surface area contributed by atoms with Crippen LogP contribution in [0.3, 0.4) is 0 Å². The molecular formula is C6H4F4O7. The van der Waals surface area contributed by atoms with Gasteiger partial charge in [0.05, 0.1) is 0 Å². The lowest BCUT2D eigenvalue weighted by Gasteiger charge is -2.30. The molecule has 0 spiro atoms. The predicted octanol–water partition coefficient (Wildman–Crippen LogP) is -0.146. The topological polar surface area (TPSA) is 121 Å². The van der Waals surface area contributed by atoms with Crippen molar-refractivity contribution in [2.45, 2.75) is 17.7 Å². The Bertz CT molecular complexity index is 356. The van der Waals surface area contributed by atoms with Gasteiger partial charge in [-0.3, -0.25) is 0 Å². The van der Waals surface area contributed by atoms with Gasteiger partial charge < -0.3 is 15.3 Å². The van der Waals surface area contributed by atoms with Gasteiger partial charge >= 0.3 is 29.4 Å². The second-order valence-electron chi connectivity index (χ2n) is 2.70. The summed E-state index contributed by atoms with van der Waals surface area (Å²) < 4.78 is 50.5. The molecule has 0 aliphatic heterocycles. The van der Waals surface area contributed by atoms with Gasteiger partial charge in [0.15, 0.2) is 0 Å². The maximum Gasteiger partial charge on any atom is 0.388 e. The molecule has 0 aliphatic carbocycles. The third-order valence-electron chi connectivity index (χ3n) is 1.75. The Hall–Kier alpha value is -1.91. The second-order valence-corrected chi connectivity index (χ2v) is 2.70. The SMILES string of the molecule is O=C(O)C(F)C(OF)(C(=O)O)C(F)(F)C(=O)O. The summed E-state index contributed by atoms with van der Waals surface area (Å²) in [6.45, 7) is 0. The summed E-state index contributed by atoms with van der Waals surface area (Å²) in [6, 6.07) is 0. The average Bonchev–Trinajstić information content (AvgIpc) is 2.17. The Balaban J connectivity index is 5.95. The third kappa shape index (κ3) is 2.00. The van der Waals surface area contributed by atoms with Gasteiger partial charge in [-0.25, -0.2) is 18.8 Å². The number of carbonyl (C=O) groups is 3. The normalized spacial score (nSPS) is 16.9. The highest BCUT2D eigenvalue weighted by molar-refractivity contribution is 5.95. The van der Waals surface area contributed by atoms with Crippen molar-refractivity contribution in [3.63, 3.8) is 0 Å². The van der Waals surface area contributed by atoms with Crippen molar-refractivity contribution in [1.82, 2.24) is 0 Å². The zero-order valence-corrected chi connectivity index (χ0v) is 7.56. The van der Waals surface area contributed by atoms with Gasteiger partial charge in [-0.05, 0) is 4.53 Å². The van der Waals surface area contributed by atoms with E-state index in [1.54, 1.807) is 0 Å². The molecule has 0 bridgehead atoms. The molecule has 0 heterocycles. The Morgan fingerprint density at radius 2 is 1.47 bits per heavy atom. The smallest absolute Gasteiger partial charge is 0.388 e. The minimum Gasteiger partial charge on any atom is -0.479 e. The van der Waals surface area contributed by atoms with E-state index in [0.29, 0.717) is 0 Å².